The topological polar surface area (TPSA) is 85.6 Å². The van der Waals surface area contributed by atoms with Crippen molar-refractivity contribution in [1.82, 2.24) is 25.4 Å². The van der Waals surface area contributed by atoms with Gasteiger partial charge in [-0.25, -0.2) is 4.99 Å². The number of ether oxygens (including phenoxy) is 2. The van der Waals surface area contributed by atoms with E-state index in [0.29, 0.717) is 19.8 Å². The van der Waals surface area contributed by atoms with Gasteiger partial charge in [0.25, 0.3) is 0 Å². The molecule has 1 aliphatic rings. The van der Waals surface area contributed by atoms with Gasteiger partial charge in [-0.1, -0.05) is 18.2 Å². The molecular formula is C20H30N6O2. The van der Waals surface area contributed by atoms with Gasteiger partial charge in [0.1, 0.15) is 12.9 Å². The first-order valence-corrected chi connectivity index (χ1v) is 10.0. The molecule has 0 radical (unpaired) electrons. The lowest BCUT2D eigenvalue weighted by atomic mass is 10.2. The van der Waals surface area contributed by atoms with Gasteiger partial charge in [0, 0.05) is 32.0 Å². The van der Waals surface area contributed by atoms with Gasteiger partial charge in [0.2, 0.25) is 0 Å². The Morgan fingerprint density at radius 2 is 2.21 bits per heavy atom. The van der Waals surface area contributed by atoms with E-state index in [1.807, 2.05) is 41.8 Å². The number of aromatic nitrogens is 3. The molecule has 8 heteroatoms. The third-order valence-corrected chi connectivity index (χ3v) is 4.46. The maximum atomic E-state index is 5.70. The zero-order valence-corrected chi connectivity index (χ0v) is 16.5. The summed E-state index contributed by atoms with van der Waals surface area (Å²) in [5.74, 6) is 1.56. The van der Waals surface area contributed by atoms with Gasteiger partial charge in [0.05, 0.1) is 12.7 Å². The molecule has 2 aromatic rings. The summed E-state index contributed by atoms with van der Waals surface area (Å²) in [5.41, 5.74) is 1.03. The molecule has 1 aliphatic heterocycles. The third kappa shape index (κ3) is 6.31. The van der Waals surface area contributed by atoms with E-state index in [-0.39, 0.29) is 6.10 Å². The Bertz CT molecular complexity index is 712. The predicted octanol–water partition coefficient (Wildman–Crippen LogP) is 1.91. The molecule has 0 amide bonds. The van der Waals surface area contributed by atoms with Crippen molar-refractivity contribution in [3.63, 3.8) is 0 Å². The number of aliphatic imine (C=N–C) groups is 1. The summed E-state index contributed by atoms with van der Waals surface area (Å²) in [5, 5.41) is 14.8. The number of nitrogens with one attached hydrogen (secondary N) is 2. The van der Waals surface area contributed by atoms with E-state index >= 15 is 0 Å². The second kappa shape index (κ2) is 11.4. The van der Waals surface area contributed by atoms with Gasteiger partial charge in [0.15, 0.2) is 11.8 Å². The Kier molecular flexibility index (Phi) is 8.26. The van der Waals surface area contributed by atoms with Crippen LogP contribution >= 0.6 is 0 Å². The van der Waals surface area contributed by atoms with E-state index in [9.17, 15) is 0 Å². The second-order valence-corrected chi connectivity index (χ2v) is 6.64. The van der Waals surface area contributed by atoms with Crippen molar-refractivity contribution < 1.29 is 9.47 Å². The van der Waals surface area contributed by atoms with Crippen LogP contribution in [-0.4, -0.2) is 59.7 Å². The van der Waals surface area contributed by atoms with E-state index in [4.69, 9.17) is 9.47 Å². The fraction of sp³-hybridized carbons (Fsp3) is 0.550. The molecular weight excluding hydrogens is 356 g/mol. The Morgan fingerprint density at radius 3 is 3.00 bits per heavy atom. The first-order valence-electron chi connectivity index (χ1n) is 10.0. The van der Waals surface area contributed by atoms with Crippen LogP contribution in [0, 0.1) is 0 Å². The van der Waals surface area contributed by atoms with Gasteiger partial charge in [-0.2, -0.15) is 0 Å². The van der Waals surface area contributed by atoms with Crippen LogP contribution in [0.4, 0.5) is 0 Å². The zero-order chi connectivity index (χ0) is 19.4. The van der Waals surface area contributed by atoms with Crippen molar-refractivity contribution >= 4 is 5.96 Å². The van der Waals surface area contributed by atoms with Crippen molar-refractivity contribution in [3.8, 4) is 5.69 Å². The van der Waals surface area contributed by atoms with Crippen molar-refractivity contribution in [3.05, 3.63) is 42.5 Å². The van der Waals surface area contributed by atoms with Crippen LogP contribution in [-0.2, 0) is 16.0 Å². The molecule has 1 atom stereocenters. The Balaban J connectivity index is 1.43. The summed E-state index contributed by atoms with van der Waals surface area (Å²) in [4.78, 5) is 4.63. The van der Waals surface area contributed by atoms with Crippen molar-refractivity contribution in [1.29, 1.82) is 0 Å². The molecule has 3 rings (SSSR count). The Morgan fingerprint density at radius 1 is 1.32 bits per heavy atom. The molecule has 8 nitrogen and oxygen atoms in total. The van der Waals surface area contributed by atoms with Gasteiger partial charge in [-0.05, 0) is 38.3 Å². The summed E-state index contributed by atoms with van der Waals surface area (Å²) < 4.78 is 13.2. The number of rotatable bonds is 10. The minimum atomic E-state index is 0.286. The number of benzene rings is 1. The molecule has 152 valence electrons. The average Bonchev–Trinajstić information content (AvgIpc) is 3.41. The highest BCUT2D eigenvalue weighted by Gasteiger charge is 2.14. The molecule has 0 saturated carbocycles. The van der Waals surface area contributed by atoms with E-state index in [1.165, 1.54) is 0 Å². The van der Waals surface area contributed by atoms with Crippen LogP contribution in [0.25, 0.3) is 5.69 Å². The van der Waals surface area contributed by atoms with Crippen LogP contribution in [0.15, 0.2) is 41.7 Å². The van der Waals surface area contributed by atoms with Crippen LogP contribution in [0.3, 0.4) is 0 Å². The molecule has 1 saturated heterocycles. The van der Waals surface area contributed by atoms with E-state index in [0.717, 1.165) is 56.4 Å². The van der Waals surface area contributed by atoms with Crippen LogP contribution in [0.1, 0.15) is 32.0 Å². The molecule has 0 spiro atoms. The van der Waals surface area contributed by atoms with Crippen LogP contribution in [0.5, 0.6) is 0 Å². The van der Waals surface area contributed by atoms with Crippen molar-refractivity contribution in [2.24, 2.45) is 4.99 Å². The fourth-order valence-corrected chi connectivity index (χ4v) is 3.03. The molecule has 2 N–H and O–H groups in total. The molecule has 2 heterocycles. The summed E-state index contributed by atoms with van der Waals surface area (Å²) >= 11 is 0. The number of hydrogen-bond donors (Lipinski definition) is 2. The molecule has 1 aromatic heterocycles. The lowest BCUT2D eigenvalue weighted by molar-refractivity contribution is 0.0168. The SMILES string of the molecule is CCNC(=NCc1nncn1-c1ccccc1)NCCCOCC1CCCO1. The third-order valence-electron chi connectivity index (χ3n) is 4.46. The maximum Gasteiger partial charge on any atom is 0.191 e. The predicted molar refractivity (Wildman–Crippen MR) is 109 cm³/mol. The molecule has 28 heavy (non-hydrogen) atoms. The minimum absolute atomic E-state index is 0.286. The average molecular weight is 387 g/mol. The van der Waals surface area contributed by atoms with Crippen LogP contribution < -0.4 is 10.6 Å². The number of hydrogen-bond acceptors (Lipinski definition) is 5. The van der Waals surface area contributed by atoms with Crippen LogP contribution in [0.2, 0.25) is 0 Å². The standard InChI is InChI=1S/C20H30N6O2/c1-2-21-20(22-11-7-12-27-15-18-10-6-13-28-18)23-14-19-25-24-16-26(19)17-8-4-3-5-9-17/h3-5,8-9,16,18H,2,6-7,10-15H2,1H3,(H2,21,22,23). The summed E-state index contributed by atoms with van der Waals surface area (Å²) in [6, 6.07) is 10.0. The van der Waals surface area contributed by atoms with Gasteiger partial charge in [-0.3, -0.25) is 4.57 Å². The minimum Gasteiger partial charge on any atom is -0.379 e. The number of guanidine groups is 1. The largest absolute Gasteiger partial charge is 0.379 e. The highest BCUT2D eigenvalue weighted by Crippen LogP contribution is 2.12. The molecule has 1 unspecified atom stereocenters. The van der Waals surface area contributed by atoms with E-state index in [1.54, 1.807) is 6.33 Å². The van der Waals surface area contributed by atoms with Gasteiger partial charge >= 0.3 is 0 Å². The molecule has 1 fully saturated rings. The summed E-state index contributed by atoms with van der Waals surface area (Å²) in [6.07, 6.45) is 5.18. The number of nitrogens with zero attached hydrogens (tertiary/aromatic N) is 4. The number of para-hydroxylation sites is 1. The van der Waals surface area contributed by atoms with Crippen molar-refractivity contribution in [2.45, 2.75) is 38.8 Å². The molecule has 0 bridgehead atoms. The van der Waals surface area contributed by atoms with E-state index < -0.39 is 0 Å². The summed E-state index contributed by atoms with van der Waals surface area (Å²) in [7, 11) is 0. The smallest absolute Gasteiger partial charge is 0.191 e. The Labute approximate surface area is 166 Å². The summed E-state index contributed by atoms with van der Waals surface area (Å²) in [6.45, 7) is 6.37. The quantitative estimate of drug-likeness (QED) is 0.369. The van der Waals surface area contributed by atoms with Crippen molar-refractivity contribution in [2.75, 3.05) is 32.9 Å². The highest BCUT2D eigenvalue weighted by molar-refractivity contribution is 5.79. The first kappa shape index (κ1) is 20.3. The Hall–Kier alpha value is -2.45. The van der Waals surface area contributed by atoms with E-state index in [2.05, 4.69) is 25.8 Å². The highest BCUT2D eigenvalue weighted by atomic mass is 16.5. The van der Waals surface area contributed by atoms with Gasteiger partial charge in [-0.15, -0.1) is 10.2 Å². The molecule has 0 aliphatic carbocycles. The maximum absolute atomic E-state index is 5.70. The lowest BCUT2D eigenvalue weighted by Crippen LogP contribution is -2.38. The normalized spacial score (nSPS) is 17.0. The zero-order valence-electron chi connectivity index (χ0n) is 16.5. The fourth-order valence-electron chi connectivity index (χ4n) is 3.03. The first-order chi connectivity index (χ1) is 13.9. The monoisotopic (exact) mass is 386 g/mol. The second-order valence-electron chi connectivity index (χ2n) is 6.64. The van der Waals surface area contributed by atoms with Gasteiger partial charge < -0.3 is 20.1 Å². The molecule has 1 aromatic carbocycles. The lowest BCUT2D eigenvalue weighted by Gasteiger charge is -2.13.